The zero-order chi connectivity index (χ0) is 8.59. The third kappa shape index (κ3) is 1.33. The van der Waals surface area contributed by atoms with Crippen LogP contribution in [0.3, 0.4) is 0 Å². The summed E-state index contributed by atoms with van der Waals surface area (Å²) >= 11 is 2.52. The molecule has 0 saturated carbocycles. The second kappa shape index (κ2) is 2.73. The van der Waals surface area contributed by atoms with E-state index in [1.165, 1.54) is 0 Å². The van der Waals surface area contributed by atoms with E-state index >= 15 is 0 Å². The van der Waals surface area contributed by atoms with Crippen molar-refractivity contribution in [2.24, 2.45) is 0 Å². The van der Waals surface area contributed by atoms with E-state index in [1.54, 1.807) is 0 Å². The molecule has 0 aliphatic heterocycles. The van der Waals surface area contributed by atoms with Crippen molar-refractivity contribution in [1.82, 2.24) is 0 Å². The van der Waals surface area contributed by atoms with Crippen LogP contribution in [-0.2, 0) is 0 Å². The van der Waals surface area contributed by atoms with Crippen molar-refractivity contribution in [2.75, 3.05) is 5.73 Å². The van der Waals surface area contributed by atoms with Gasteiger partial charge in [0, 0.05) is 6.07 Å². The van der Waals surface area contributed by atoms with Crippen molar-refractivity contribution in [3.8, 4) is 0 Å². The molecule has 60 valence electrons. The summed E-state index contributed by atoms with van der Waals surface area (Å²) in [4.78, 5) is 0. The van der Waals surface area contributed by atoms with Gasteiger partial charge in [-0.05, 0) is 15.9 Å². The molecular weight excluding hydrogens is 223 g/mol. The predicted octanol–water partition coefficient (Wildman–Crippen LogP) is 2.45. The van der Waals surface area contributed by atoms with Crippen molar-refractivity contribution in [3.05, 3.63) is 28.0 Å². The van der Waals surface area contributed by atoms with Gasteiger partial charge < -0.3 is 5.73 Å². The SMILES string of the molecule is Nc1cc(F)c(Br)c(F)c1F. The number of nitrogen functional groups attached to an aromatic ring is 1. The number of rotatable bonds is 0. The first kappa shape index (κ1) is 8.39. The number of benzene rings is 1. The Morgan fingerprint density at radius 3 is 2.27 bits per heavy atom. The highest BCUT2D eigenvalue weighted by atomic mass is 79.9. The zero-order valence-electron chi connectivity index (χ0n) is 5.17. The van der Waals surface area contributed by atoms with Gasteiger partial charge in [0.25, 0.3) is 0 Å². The standard InChI is InChI=1S/C6H3BrF3N/c7-4-2(8)1-3(11)5(9)6(4)10/h1H,11H2. The van der Waals surface area contributed by atoms with Gasteiger partial charge in [-0.3, -0.25) is 0 Å². The molecular formula is C6H3BrF3N. The van der Waals surface area contributed by atoms with E-state index in [-0.39, 0.29) is 0 Å². The minimum absolute atomic E-state index is 0.538. The van der Waals surface area contributed by atoms with E-state index in [2.05, 4.69) is 15.9 Å². The van der Waals surface area contributed by atoms with E-state index in [0.717, 1.165) is 0 Å². The summed E-state index contributed by atoms with van der Waals surface area (Å²) in [5, 5.41) is 0. The Hall–Kier alpha value is -0.710. The molecule has 0 aromatic heterocycles. The Labute approximate surface area is 69.1 Å². The molecule has 1 aromatic rings. The van der Waals surface area contributed by atoms with Crippen LogP contribution >= 0.6 is 15.9 Å². The van der Waals surface area contributed by atoms with Crippen LogP contribution in [-0.4, -0.2) is 0 Å². The Balaban J connectivity index is 3.46. The van der Waals surface area contributed by atoms with Crippen molar-refractivity contribution >= 4 is 21.6 Å². The first-order valence-electron chi connectivity index (χ1n) is 2.62. The van der Waals surface area contributed by atoms with E-state index < -0.39 is 27.6 Å². The maximum absolute atomic E-state index is 12.5. The lowest BCUT2D eigenvalue weighted by molar-refractivity contribution is 0.491. The number of anilines is 1. The van der Waals surface area contributed by atoms with Gasteiger partial charge in [-0.1, -0.05) is 0 Å². The van der Waals surface area contributed by atoms with Gasteiger partial charge >= 0.3 is 0 Å². The summed E-state index contributed by atoms with van der Waals surface area (Å²) in [5.74, 6) is -3.46. The molecule has 0 aliphatic carbocycles. The normalized spacial score (nSPS) is 10.2. The third-order valence-corrected chi connectivity index (χ3v) is 1.86. The van der Waals surface area contributed by atoms with E-state index in [1.807, 2.05) is 0 Å². The average Bonchev–Trinajstić information content (AvgIpc) is 1.97. The minimum atomic E-state index is -1.30. The molecule has 0 saturated heterocycles. The molecule has 0 radical (unpaired) electrons. The molecule has 0 heterocycles. The smallest absolute Gasteiger partial charge is 0.183 e. The van der Waals surface area contributed by atoms with E-state index in [9.17, 15) is 13.2 Å². The molecule has 5 heteroatoms. The molecule has 1 rings (SSSR count). The lowest BCUT2D eigenvalue weighted by atomic mass is 10.3. The second-order valence-electron chi connectivity index (χ2n) is 1.89. The molecule has 0 bridgehead atoms. The van der Waals surface area contributed by atoms with Crippen LogP contribution in [0.25, 0.3) is 0 Å². The van der Waals surface area contributed by atoms with Crippen molar-refractivity contribution in [3.63, 3.8) is 0 Å². The molecule has 0 spiro atoms. The summed E-state index contributed by atoms with van der Waals surface area (Å²) in [5.41, 5.74) is 4.38. The topological polar surface area (TPSA) is 26.0 Å². The fraction of sp³-hybridized carbons (Fsp3) is 0. The molecule has 0 amide bonds. The van der Waals surface area contributed by atoms with Crippen molar-refractivity contribution < 1.29 is 13.2 Å². The van der Waals surface area contributed by atoms with Gasteiger partial charge in [-0.15, -0.1) is 0 Å². The van der Waals surface area contributed by atoms with Gasteiger partial charge in [-0.2, -0.15) is 0 Å². The molecule has 0 aliphatic rings. The summed E-state index contributed by atoms with van der Waals surface area (Å²) < 4.78 is 36.9. The maximum Gasteiger partial charge on any atom is 0.183 e. The fourth-order valence-electron chi connectivity index (χ4n) is 0.591. The average molecular weight is 226 g/mol. The summed E-state index contributed by atoms with van der Waals surface area (Å²) in [6.45, 7) is 0. The first-order valence-corrected chi connectivity index (χ1v) is 3.41. The maximum atomic E-state index is 12.5. The molecule has 2 N–H and O–H groups in total. The highest BCUT2D eigenvalue weighted by Gasteiger charge is 2.14. The molecule has 0 atom stereocenters. The van der Waals surface area contributed by atoms with Crippen LogP contribution < -0.4 is 5.73 Å². The van der Waals surface area contributed by atoms with Gasteiger partial charge in [0.2, 0.25) is 0 Å². The first-order chi connectivity index (χ1) is 5.04. The van der Waals surface area contributed by atoms with Gasteiger partial charge in [0.05, 0.1) is 10.2 Å². The van der Waals surface area contributed by atoms with Crippen LogP contribution in [0.1, 0.15) is 0 Å². The molecule has 1 nitrogen and oxygen atoms in total. The summed E-state index contributed by atoms with van der Waals surface area (Å²) in [6, 6.07) is 0.711. The van der Waals surface area contributed by atoms with E-state index in [4.69, 9.17) is 5.73 Å². The molecule has 0 unspecified atom stereocenters. The van der Waals surface area contributed by atoms with Crippen molar-refractivity contribution in [1.29, 1.82) is 0 Å². The van der Waals surface area contributed by atoms with E-state index in [0.29, 0.717) is 6.07 Å². The van der Waals surface area contributed by atoms with Crippen LogP contribution in [0.5, 0.6) is 0 Å². The van der Waals surface area contributed by atoms with Crippen molar-refractivity contribution in [2.45, 2.75) is 0 Å². The highest BCUT2D eigenvalue weighted by molar-refractivity contribution is 9.10. The van der Waals surface area contributed by atoms with Gasteiger partial charge in [-0.25, -0.2) is 13.2 Å². The Kier molecular flexibility index (Phi) is 2.08. The van der Waals surface area contributed by atoms with Crippen LogP contribution in [0.4, 0.5) is 18.9 Å². The lowest BCUT2D eigenvalue weighted by Crippen LogP contribution is -1.97. The Morgan fingerprint density at radius 1 is 1.18 bits per heavy atom. The quantitative estimate of drug-likeness (QED) is 0.410. The van der Waals surface area contributed by atoms with Crippen LogP contribution in [0.2, 0.25) is 0 Å². The second-order valence-corrected chi connectivity index (χ2v) is 2.68. The number of hydrogen-bond acceptors (Lipinski definition) is 1. The van der Waals surface area contributed by atoms with Crippen LogP contribution in [0.15, 0.2) is 10.5 Å². The monoisotopic (exact) mass is 225 g/mol. The zero-order valence-corrected chi connectivity index (χ0v) is 6.75. The molecule has 1 aromatic carbocycles. The number of hydrogen-bond donors (Lipinski definition) is 1. The highest BCUT2D eigenvalue weighted by Crippen LogP contribution is 2.25. The van der Waals surface area contributed by atoms with Gasteiger partial charge in [0.1, 0.15) is 5.82 Å². The fourth-order valence-corrected chi connectivity index (χ4v) is 0.880. The summed E-state index contributed by atoms with van der Waals surface area (Å²) in [7, 11) is 0. The Bertz CT molecular complexity index is 274. The number of nitrogens with two attached hydrogens (primary N) is 1. The predicted molar refractivity (Wildman–Crippen MR) is 38.4 cm³/mol. The molecule has 11 heavy (non-hydrogen) atoms. The van der Waals surface area contributed by atoms with Gasteiger partial charge in [0.15, 0.2) is 11.6 Å². The number of halogens is 4. The Morgan fingerprint density at radius 2 is 1.73 bits per heavy atom. The van der Waals surface area contributed by atoms with Crippen LogP contribution in [0, 0.1) is 17.5 Å². The minimum Gasteiger partial charge on any atom is -0.396 e. The third-order valence-electron chi connectivity index (χ3n) is 1.13. The lowest BCUT2D eigenvalue weighted by Gasteiger charge is -2.00. The molecule has 0 fully saturated rings. The largest absolute Gasteiger partial charge is 0.396 e. The summed E-state index contributed by atoms with van der Waals surface area (Å²) in [6.07, 6.45) is 0.